The molecule has 1 heterocycles. The summed E-state index contributed by atoms with van der Waals surface area (Å²) in [5, 5.41) is 11.7. The summed E-state index contributed by atoms with van der Waals surface area (Å²) in [6, 6.07) is 8.94. The number of halogens is 1. The SMILES string of the molecule is Cc1ccc(OCC(=O)Nc2cccc(F)c2)c(CO)n1. The lowest BCUT2D eigenvalue weighted by molar-refractivity contribution is -0.118. The molecule has 0 atom stereocenters. The molecule has 0 spiro atoms. The van der Waals surface area contributed by atoms with Crippen LogP contribution < -0.4 is 10.1 Å². The van der Waals surface area contributed by atoms with Crippen molar-refractivity contribution in [1.29, 1.82) is 0 Å². The largest absolute Gasteiger partial charge is 0.482 e. The van der Waals surface area contributed by atoms with E-state index in [4.69, 9.17) is 4.74 Å². The number of nitrogens with one attached hydrogen (secondary N) is 1. The predicted octanol–water partition coefficient (Wildman–Crippen LogP) is 2.04. The van der Waals surface area contributed by atoms with Gasteiger partial charge in [0, 0.05) is 11.4 Å². The highest BCUT2D eigenvalue weighted by atomic mass is 19.1. The molecule has 2 aromatic rings. The molecule has 110 valence electrons. The van der Waals surface area contributed by atoms with Gasteiger partial charge in [0.25, 0.3) is 5.91 Å². The molecule has 2 N–H and O–H groups in total. The monoisotopic (exact) mass is 290 g/mol. The maximum absolute atomic E-state index is 13.0. The first kappa shape index (κ1) is 14.9. The number of aliphatic hydroxyl groups excluding tert-OH is 1. The lowest BCUT2D eigenvalue weighted by Crippen LogP contribution is -2.20. The van der Waals surface area contributed by atoms with Gasteiger partial charge in [0.05, 0.1) is 6.61 Å². The standard InChI is InChI=1S/C15H15FN2O3/c1-10-5-6-14(13(8-19)17-10)21-9-15(20)18-12-4-2-3-11(16)7-12/h2-7,19H,8-9H2,1H3,(H,18,20). The first-order chi connectivity index (χ1) is 10.1. The summed E-state index contributed by atoms with van der Waals surface area (Å²) in [4.78, 5) is 15.8. The van der Waals surface area contributed by atoms with Crippen LogP contribution in [-0.2, 0) is 11.4 Å². The van der Waals surface area contributed by atoms with Gasteiger partial charge >= 0.3 is 0 Å². The van der Waals surface area contributed by atoms with Gasteiger partial charge in [0.1, 0.15) is 17.3 Å². The number of aryl methyl sites for hydroxylation is 1. The van der Waals surface area contributed by atoms with Crippen LogP contribution in [0.4, 0.5) is 10.1 Å². The van der Waals surface area contributed by atoms with Crippen molar-refractivity contribution in [1.82, 2.24) is 4.98 Å². The van der Waals surface area contributed by atoms with Crippen molar-refractivity contribution in [3.63, 3.8) is 0 Å². The van der Waals surface area contributed by atoms with Crippen molar-refractivity contribution < 1.29 is 19.0 Å². The fraction of sp³-hybridized carbons (Fsp3) is 0.200. The van der Waals surface area contributed by atoms with Crippen LogP contribution in [0.2, 0.25) is 0 Å². The molecule has 21 heavy (non-hydrogen) atoms. The number of aliphatic hydroxyl groups is 1. The van der Waals surface area contributed by atoms with E-state index in [-0.39, 0.29) is 13.2 Å². The Bertz CT molecular complexity index is 647. The van der Waals surface area contributed by atoms with Crippen molar-refractivity contribution in [2.75, 3.05) is 11.9 Å². The highest BCUT2D eigenvalue weighted by molar-refractivity contribution is 5.91. The first-order valence-electron chi connectivity index (χ1n) is 6.34. The summed E-state index contributed by atoms with van der Waals surface area (Å²) in [5.41, 5.74) is 1.47. The smallest absolute Gasteiger partial charge is 0.262 e. The molecule has 0 aliphatic rings. The normalized spacial score (nSPS) is 10.2. The van der Waals surface area contributed by atoms with Crippen LogP contribution in [0.5, 0.6) is 5.75 Å². The van der Waals surface area contributed by atoms with Crippen LogP contribution >= 0.6 is 0 Å². The Balaban J connectivity index is 1.95. The van der Waals surface area contributed by atoms with E-state index < -0.39 is 11.7 Å². The number of aromatic nitrogens is 1. The van der Waals surface area contributed by atoms with Gasteiger partial charge in [-0.3, -0.25) is 9.78 Å². The summed E-state index contributed by atoms with van der Waals surface area (Å²) < 4.78 is 18.3. The molecule has 5 nitrogen and oxygen atoms in total. The number of carbonyl (C=O) groups excluding carboxylic acids is 1. The third-order valence-electron chi connectivity index (χ3n) is 2.69. The third kappa shape index (κ3) is 4.25. The lowest BCUT2D eigenvalue weighted by Gasteiger charge is -2.10. The maximum atomic E-state index is 13.0. The molecule has 0 fully saturated rings. The molecule has 1 aromatic heterocycles. The number of nitrogens with zero attached hydrogens (tertiary/aromatic N) is 1. The van der Waals surface area contributed by atoms with E-state index in [1.54, 1.807) is 25.1 Å². The van der Waals surface area contributed by atoms with Gasteiger partial charge in [-0.25, -0.2) is 4.39 Å². The second-order valence-electron chi connectivity index (χ2n) is 4.40. The second-order valence-corrected chi connectivity index (χ2v) is 4.40. The van der Waals surface area contributed by atoms with E-state index >= 15 is 0 Å². The van der Waals surface area contributed by atoms with Crippen LogP contribution in [0.25, 0.3) is 0 Å². The van der Waals surface area contributed by atoms with E-state index in [0.717, 1.165) is 5.69 Å². The molecule has 0 unspecified atom stereocenters. The molecular formula is C15H15FN2O3. The van der Waals surface area contributed by atoms with Gasteiger partial charge in [0.15, 0.2) is 6.61 Å². The Labute approximate surface area is 121 Å². The highest BCUT2D eigenvalue weighted by Gasteiger charge is 2.08. The zero-order valence-electron chi connectivity index (χ0n) is 11.5. The van der Waals surface area contributed by atoms with Gasteiger partial charge in [0.2, 0.25) is 0 Å². The first-order valence-corrected chi connectivity index (χ1v) is 6.34. The van der Waals surface area contributed by atoms with Crippen LogP contribution in [-0.4, -0.2) is 22.6 Å². The minimum Gasteiger partial charge on any atom is -0.482 e. The summed E-state index contributed by atoms with van der Waals surface area (Å²) in [6.07, 6.45) is 0. The van der Waals surface area contributed by atoms with Crippen LogP contribution in [0.15, 0.2) is 36.4 Å². The summed E-state index contributed by atoms with van der Waals surface area (Å²) >= 11 is 0. The molecule has 2 rings (SSSR count). The topological polar surface area (TPSA) is 71.5 Å². The van der Waals surface area contributed by atoms with Gasteiger partial charge in [-0.1, -0.05) is 6.07 Å². The molecule has 0 aliphatic heterocycles. The molecule has 0 bridgehead atoms. The van der Waals surface area contributed by atoms with E-state index in [1.807, 2.05) is 0 Å². The number of carbonyl (C=O) groups is 1. The van der Waals surface area contributed by atoms with Crippen LogP contribution in [0.1, 0.15) is 11.4 Å². The fourth-order valence-corrected chi connectivity index (χ4v) is 1.75. The van der Waals surface area contributed by atoms with Crippen molar-refractivity contribution in [2.24, 2.45) is 0 Å². The zero-order valence-corrected chi connectivity index (χ0v) is 11.5. The zero-order chi connectivity index (χ0) is 15.2. The summed E-state index contributed by atoms with van der Waals surface area (Å²) in [7, 11) is 0. The maximum Gasteiger partial charge on any atom is 0.262 e. The van der Waals surface area contributed by atoms with Gasteiger partial charge in [-0.15, -0.1) is 0 Å². The predicted molar refractivity (Wildman–Crippen MR) is 75.4 cm³/mol. The molecular weight excluding hydrogens is 275 g/mol. The third-order valence-corrected chi connectivity index (χ3v) is 2.69. The van der Waals surface area contributed by atoms with Gasteiger partial charge < -0.3 is 15.2 Å². The van der Waals surface area contributed by atoms with Crippen molar-refractivity contribution in [3.8, 4) is 5.75 Å². The fourth-order valence-electron chi connectivity index (χ4n) is 1.75. The number of ether oxygens (including phenoxy) is 1. The van der Waals surface area contributed by atoms with E-state index in [9.17, 15) is 14.3 Å². The van der Waals surface area contributed by atoms with E-state index in [1.165, 1.54) is 18.2 Å². The molecule has 1 amide bonds. The van der Waals surface area contributed by atoms with Crippen LogP contribution in [0, 0.1) is 12.7 Å². The Morgan fingerprint density at radius 1 is 1.38 bits per heavy atom. The Morgan fingerprint density at radius 2 is 2.19 bits per heavy atom. The van der Waals surface area contributed by atoms with Gasteiger partial charge in [-0.05, 0) is 37.3 Å². The minimum atomic E-state index is -0.431. The summed E-state index contributed by atoms with van der Waals surface area (Å²) in [5.74, 6) is -0.512. The quantitative estimate of drug-likeness (QED) is 0.884. The van der Waals surface area contributed by atoms with Crippen molar-refractivity contribution >= 4 is 11.6 Å². The summed E-state index contributed by atoms with van der Waals surface area (Å²) in [6.45, 7) is 1.26. The van der Waals surface area contributed by atoms with E-state index in [2.05, 4.69) is 10.3 Å². The molecule has 0 saturated heterocycles. The number of rotatable bonds is 5. The highest BCUT2D eigenvalue weighted by Crippen LogP contribution is 2.17. The Morgan fingerprint density at radius 3 is 2.90 bits per heavy atom. The lowest BCUT2D eigenvalue weighted by atomic mass is 10.3. The Kier molecular flexibility index (Phi) is 4.84. The molecule has 0 aliphatic carbocycles. The Hall–Kier alpha value is -2.47. The molecule has 0 radical (unpaired) electrons. The van der Waals surface area contributed by atoms with E-state index in [0.29, 0.717) is 17.1 Å². The number of amides is 1. The number of benzene rings is 1. The second kappa shape index (κ2) is 6.81. The van der Waals surface area contributed by atoms with Crippen LogP contribution in [0.3, 0.4) is 0 Å². The average Bonchev–Trinajstić information content (AvgIpc) is 2.45. The van der Waals surface area contributed by atoms with Crippen molar-refractivity contribution in [3.05, 3.63) is 53.6 Å². The van der Waals surface area contributed by atoms with Gasteiger partial charge in [-0.2, -0.15) is 0 Å². The number of hydrogen-bond acceptors (Lipinski definition) is 4. The molecule has 1 aromatic carbocycles. The number of pyridine rings is 1. The average molecular weight is 290 g/mol. The molecule has 6 heteroatoms. The van der Waals surface area contributed by atoms with Crippen molar-refractivity contribution in [2.45, 2.75) is 13.5 Å². The number of anilines is 1. The minimum absolute atomic E-state index is 0.256. The number of hydrogen-bond donors (Lipinski definition) is 2. The molecule has 0 saturated carbocycles.